The van der Waals surface area contributed by atoms with E-state index in [0.717, 1.165) is 39.7 Å². The van der Waals surface area contributed by atoms with Gasteiger partial charge in [0, 0.05) is 9.86 Å². The molecule has 0 atom stereocenters. The highest BCUT2D eigenvalue weighted by molar-refractivity contribution is 9.10. The summed E-state index contributed by atoms with van der Waals surface area (Å²) in [5.41, 5.74) is 8.00. The lowest BCUT2D eigenvalue weighted by Crippen LogP contribution is -2.21. The first-order valence-electron chi connectivity index (χ1n) is 5.32. The van der Waals surface area contributed by atoms with E-state index in [9.17, 15) is 0 Å². The number of rotatable bonds is 1. The van der Waals surface area contributed by atoms with Crippen molar-refractivity contribution in [2.24, 2.45) is 5.73 Å². The largest absolute Gasteiger partial charge is 0.320 e. The normalized spacial score (nSPS) is 17.7. The molecular formula is C12H12BrN3. The molecule has 4 heteroatoms. The number of hydrogen-bond acceptors (Lipinski definition) is 3. The highest BCUT2D eigenvalue weighted by Gasteiger charge is 2.42. The van der Waals surface area contributed by atoms with Crippen LogP contribution in [0.2, 0.25) is 0 Å². The smallest absolute Gasteiger partial charge is 0.126 e. The molecule has 3 nitrogen and oxygen atoms in total. The van der Waals surface area contributed by atoms with Crippen LogP contribution >= 0.6 is 15.9 Å². The fraction of sp³-hybridized carbons (Fsp3) is 0.333. The first-order valence-corrected chi connectivity index (χ1v) is 6.11. The van der Waals surface area contributed by atoms with Gasteiger partial charge in [0.15, 0.2) is 0 Å². The van der Waals surface area contributed by atoms with Gasteiger partial charge in [-0.25, -0.2) is 9.97 Å². The fourth-order valence-corrected chi connectivity index (χ4v) is 2.33. The van der Waals surface area contributed by atoms with E-state index in [2.05, 4.69) is 32.0 Å². The molecule has 1 saturated carbocycles. The van der Waals surface area contributed by atoms with Gasteiger partial charge in [-0.15, -0.1) is 0 Å². The summed E-state index contributed by atoms with van der Waals surface area (Å²) < 4.78 is 1.04. The van der Waals surface area contributed by atoms with Crippen LogP contribution in [0.3, 0.4) is 0 Å². The standard InChI is InChI=1S/C12H12BrN3/c1-7-15-10-3-2-8(13)6-9(10)11(16-7)12(14)4-5-12/h2-3,6H,4-5,14H2,1H3. The number of nitrogens with zero attached hydrogens (tertiary/aromatic N) is 2. The maximum absolute atomic E-state index is 6.25. The predicted octanol–water partition coefficient (Wildman–Crippen LogP) is 2.65. The molecule has 0 saturated heterocycles. The summed E-state index contributed by atoms with van der Waals surface area (Å²) in [6.45, 7) is 1.91. The van der Waals surface area contributed by atoms with Gasteiger partial charge in [-0.3, -0.25) is 0 Å². The zero-order valence-corrected chi connectivity index (χ0v) is 10.6. The van der Waals surface area contributed by atoms with Gasteiger partial charge >= 0.3 is 0 Å². The van der Waals surface area contributed by atoms with Gasteiger partial charge in [0.25, 0.3) is 0 Å². The average Bonchev–Trinajstić information content (AvgIpc) is 2.97. The highest BCUT2D eigenvalue weighted by Crippen LogP contribution is 2.44. The van der Waals surface area contributed by atoms with E-state index in [1.54, 1.807) is 0 Å². The third-order valence-electron chi connectivity index (χ3n) is 3.03. The Kier molecular flexibility index (Phi) is 2.06. The van der Waals surface area contributed by atoms with E-state index < -0.39 is 0 Å². The molecule has 1 aliphatic rings. The molecule has 0 amide bonds. The quantitative estimate of drug-likeness (QED) is 0.872. The Morgan fingerprint density at radius 3 is 2.75 bits per heavy atom. The van der Waals surface area contributed by atoms with Gasteiger partial charge in [0.1, 0.15) is 5.82 Å². The molecule has 0 spiro atoms. The Morgan fingerprint density at radius 2 is 2.06 bits per heavy atom. The second kappa shape index (κ2) is 3.25. The van der Waals surface area contributed by atoms with E-state index in [-0.39, 0.29) is 5.54 Å². The average molecular weight is 278 g/mol. The van der Waals surface area contributed by atoms with Crippen molar-refractivity contribution in [2.45, 2.75) is 25.3 Å². The van der Waals surface area contributed by atoms with Crippen LogP contribution in [0.1, 0.15) is 24.4 Å². The van der Waals surface area contributed by atoms with Gasteiger partial charge in [-0.05, 0) is 38.0 Å². The Hall–Kier alpha value is -1.00. The molecule has 0 bridgehead atoms. The summed E-state index contributed by atoms with van der Waals surface area (Å²) in [6.07, 6.45) is 2.04. The van der Waals surface area contributed by atoms with Crippen molar-refractivity contribution >= 4 is 26.8 Å². The molecule has 2 aromatic rings. The van der Waals surface area contributed by atoms with Gasteiger partial charge in [0.2, 0.25) is 0 Å². The van der Waals surface area contributed by atoms with Crippen LogP contribution in [0.5, 0.6) is 0 Å². The molecule has 16 heavy (non-hydrogen) atoms. The molecular weight excluding hydrogens is 266 g/mol. The van der Waals surface area contributed by atoms with E-state index in [1.807, 2.05) is 19.1 Å². The van der Waals surface area contributed by atoms with Gasteiger partial charge in [-0.1, -0.05) is 15.9 Å². The second-order valence-corrected chi connectivity index (χ2v) is 5.35. The van der Waals surface area contributed by atoms with Crippen molar-refractivity contribution < 1.29 is 0 Å². The van der Waals surface area contributed by atoms with Crippen molar-refractivity contribution in [3.05, 3.63) is 34.2 Å². The summed E-state index contributed by atoms with van der Waals surface area (Å²) in [5.74, 6) is 0.793. The minimum atomic E-state index is -0.216. The summed E-state index contributed by atoms with van der Waals surface area (Å²) in [4.78, 5) is 8.95. The van der Waals surface area contributed by atoms with Crippen molar-refractivity contribution in [2.75, 3.05) is 0 Å². The molecule has 3 rings (SSSR count). The van der Waals surface area contributed by atoms with Crippen LogP contribution < -0.4 is 5.73 Å². The van der Waals surface area contributed by atoms with E-state index in [1.165, 1.54) is 0 Å². The molecule has 1 heterocycles. The van der Waals surface area contributed by atoms with Crippen molar-refractivity contribution in [3.63, 3.8) is 0 Å². The number of hydrogen-bond donors (Lipinski definition) is 1. The van der Waals surface area contributed by atoms with Crippen molar-refractivity contribution in [1.29, 1.82) is 0 Å². The van der Waals surface area contributed by atoms with Crippen LogP contribution in [0, 0.1) is 6.92 Å². The Morgan fingerprint density at radius 1 is 1.31 bits per heavy atom. The fourth-order valence-electron chi connectivity index (χ4n) is 1.97. The summed E-state index contributed by atoms with van der Waals surface area (Å²) >= 11 is 3.48. The number of fused-ring (bicyclic) bond motifs is 1. The van der Waals surface area contributed by atoms with Crippen LogP contribution in [0.4, 0.5) is 0 Å². The maximum atomic E-state index is 6.25. The zero-order valence-electron chi connectivity index (χ0n) is 9.00. The number of halogens is 1. The summed E-state index contributed by atoms with van der Waals surface area (Å²) in [7, 11) is 0. The van der Waals surface area contributed by atoms with Crippen LogP contribution in [-0.2, 0) is 5.54 Å². The molecule has 1 aliphatic carbocycles. The molecule has 2 N–H and O–H groups in total. The van der Waals surface area contributed by atoms with Crippen LogP contribution in [-0.4, -0.2) is 9.97 Å². The zero-order chi connectivity index (χ0) is 11.3. The van der Waals surface area contributed by atoms with E-state index in [4.69, 9.17) is 5.73 Å². The molecule has 1 fully saturated rings. The number of nitrogens with two attached hydrogens (primary N) is 1. The SMILES string of the molecule is Cc1nc(C2(N)CC2)c2cc(Br)ccc2n1. The predicted molar refractivity (Wildman–Crippen MR) is 67.1 cm³/mol. The van der Waals surface area contributed by atoms with Crippen LogP contribution in [0.15, 0.2) is 22.7 Å². The first-order chi connectivity index (χ1) is 7.58. The molecule has 0 unspecified atom stereocenters. The lowest BCUT2D eigenvalue weighted by molar-refractivity contribution is 0.708. The molecule has 82 valence electrons. The van der Waals surface area contributed by atoms with Gasteiger partial charge in [0.05, 0.1) is 16.7 Å². The van der Waals surface area contributed by atoms with E-state index >= 15 is 0 Å². The third-order valence-corrected chi connectivity index (χ3v) is 3.52. The topological polar surface area (TPSA) is 51.8 Å². The number of aryl methyl sites for hydroxylation is 1. The maximum Gasteiger partial charge on any atom is 0.126 e. The van der Waals surface area contributed by atoms with Crippen LogP contribution in [0.25, 0.3) is 10.9 Å². The lowest BCUT2D eigenvalue weighted by atomic mass is 10.1. The van der Waals surface area contributed by atoms with E-state index in [0.29, 0.717) is 0 Å². The Balaban J connectivity index is 2.36. The minimum absolute atomic E-state index is 0.216. The molecule has 0 aliphatic heterocycles. The first kappa shape index (κ1) is 10.2. The minimum Gasteiger partial charge on any atom is -0.320 e. The third kappa shape index (κ3) is 1.53. The Bertz CT molecular complexity index is 576. The summed E-state index contributed by atoms with van der Waals surface area (Å²) in [6, 6.07) is 6.05. The number of aromatic nitrogens is 2. The molecule has 1 aromatic carbocycles. The summed E-state index contributed by atoms with van der Waals surface area (Å²) in [5, 5.41) is 1.07. The molecule has 0 radical (unpaired) electrons. The van der Waals surface area contributed by atoms with Crippen molar-refractivity contribution in [1.82, 2.24) is 9.97 Å². The lowest BCUT2D eigenvalue weighted by Gasteiger charge is -2.12. The van der Waals surface area contributed by atoms with Gasteiger partial charge in [-0.2, -0.15) is 0 Å². The van der Waals surface area contributed by atoms with Gasteiger partial charge < -0.3 is 5.73 Å². The molecule has 1 aromatic heterocycles. The van der Waals surface area contributed by atoms with Crippen molar-refractivity contribution in [3.8, 4) is 0 Å². The second-order valence-electron chi connectivity index (χ2n) is 4.44. The highest BCUT2D eigenvalue weighted by atomic mass is 79.9. The Labute approximate surface area is 102 Å². The number of benzene rings is 1. The monoisotopic (exact) mass is 277 g/mol.